The molecule has 0 heterocycles. The predicted molar refractivity (Wildman–Crippen MR) is 54.1 cm³/mol. The minimum absolute atomic E-state index is 0.214. The van der Waals surface area contributed by atoms with Crippen molar-refractivity contribution in [2.24, 2.45) is 0 Å². The van der Waals surface area contributed by atoms with Gasteiger partial charge in [0, 0.05) is 5.56 Å². The van der Waals surface area contributed by atoms with Crippen LogP contribution in [0.2, 0.25) is 5.02 Å². The summed E-state index contributed by atoms with van der Waals surface area (Å²) in [7, 11) is 0. The van der Waals surface area contributed by atoms with Gasteiger partial charge in [0.05, 0.1) is 9.85 Å². The fraction of sp³-hybridized carbons (Fsp3) is 0.222. The summed E-state index contributed by atoms with van der Waals surface area (Å²) in [5.74, 6) is -0.676. The Morgan fingerprint density at radius 2 is 2.23 bits per heavy atom. The van der Waals surface area contributed by atoms with E-state index in [9.17, 15) is 9.18 Å². The summed E-state index contributed by atoms with van der Waals surface area (Å²) in [6.07, 6.45) is 0. The average molecular weight is 266 g/mol. The predicted octanol–water partition coefficient (Wildman–Crippen LogP) is 3.45. The van der Waals surface area contributed by atoms with Gasteiger partial charge in [0.2, 0.25) is 0 Å². The van der Waals surface area contributed by atoms with Crippen LogP contribution >= 0.6 is 27.5 Å². The Hall–Kier alpha value is -0.410. The average Bonchev–Trinajstić information content (AvgIpc) is 2.08. The second-order valence-electron chi connectivity index (χ2n) is 2.60. The van der Waals surface area contributed by atoms with Gasteiger partial charge in [-0.25, -0.2) is 4.39 Å². The van der Waals surface area contributed by atoms with Crippen LogP contribution in [0.4, 0.5) is 4.39 Å². The summed E-state index contributed by atoms with van der Waals surface area (Å²) in [6.45, 7) is 1.67. The van der Waals surface area contributed by atoms with Crippen molar-refractivity contribution in [1.82, 2.24) is 0 Å². The molecule has 0 aliphatic carbocycles. The molecule has 1 atom stereocenters. The third-order valence-electron chi connectivity index (χ3n) is 1.56. The minimum atomic E-state index is -0.457. The SMILES string of the molecule is CC(Br)C(=O)c1cc(F)ccc1Cl. The van der Waals surface area contributed by atoms with Gasteiger partial charge in [0.1, 0.15) is 5.82 Å². The number of carbonyl (C=O) groups excluding carboxylic acids is 1. The summed E-state index contributed by atoms with van der Waals surface area (Å²) in [4.78, 5) is 11.1. The van der Waals surface area contributed by atoms with Crippen molar-refractivity contribution >= 4 is 33.3 Å². The molecular formula is C9H7BrClFO. The van der Waals surface area contributed by atoms with Gasteiger partial charge in [0.25, 0.3) is 0 Å². The maximum Gasteiger partial charge on any atom is 0.177 e. The van der Waals surface area contributed by atoms with E-state index in [1.807, 2.05) is 0 Å². The Bertz CT molecular complexity index is 338. The van der Waals surface area contributed by atoms with E-state index in [1.165, 1.54) is 12.1 Å². The number of hydrogen-bond acceptors (Lipinski definition) is 1. The second kappa shape index (κ2) is 4.20. The summed E-state index contributed by atoms with van der Waals surface area (Å²) in [5.41, 5.74) is 0.214. The molecule has 0 fully saturated rings. The zero-order chi connectivity index (χ0) is 10.0. The number of rotatable bonds is 2. The van der Waals surface area contributed by atoms with Crippen molar-refractivity contribution in [2.75, 3.05) is 0 Å². The monoisotopic (exact) mass is 264 g/mol. The molecule has 0 spiro atoms. The number of carbonyl (C=O) groups is 1. The molecule has 0 radical (unpaired) electrons. The summed E-state index contributed by atoms with van der Waals surface area (Å²) in [5, 5.41) is 0.276. The Balaban J connectivity index is 3.13. The normalized spacial score (nSPS) is 12.6. The van der Waals surface area contributed by atoms with Gasteiger partial charge < -0.3 is 0 Å². The van der Waals surface area contributed by atoms with E-state index < -0.39 is 5.82 Å². The van der Waals surface area contributed by atoms with E-state index in [2.05, 4.69) is 15.9 Å². The Kier molecular flexibility index (Phi) is 3.45. The van der Waals surface area contributed by atoms with E-state index in [0.717, 1.165) is 6.07 Å². The zero-order valence-electron chi connectivity index (χ0n) is 6.85. The smallest absolute Gasteiger partial charge is 0.177 e. The van der Waals surface area contributed by atoms with Gasteiger partial charge in [-0.1, -0.05) is 27.5 Å². The molecule has 1 nitrogen and oxygen atoms in total. The van der Waals surface area contributed by atoms with Gasteiger partial charge in [0.15, 0.2) is 5.78 Å². The first-order valence-electron chi connectivity index (χ1n) is 3.65. The van der Waals surface area contributed by atoms with Crippen molar-refractivity contribution < 1.29 is 9.18 Å². The van der Waals surface area contributed by atoms with E-state index in [1.54, 1.807) is 6.92 Å². The highest BCUT2D eigenvalue weighted by Gasteiger charge is 2.15. The van der Waals surface area contributed by atoms with Crippen LogP contribution in [0.25, 0.3) is 0 Å². The van der Waals surface area contributed by atoms with E-state index in [0.29, 0.717) is 0 Å². The van der Waals surface area contributed by atoms with Gasteiger partial charge >= 0.3 is 0 Å². The summed E-state index contributed by atoms with van der Waals surface area (Å²) < 4.78 is 12.7. The number of ketones is 1. The third kappa shape index (κ3) is 2.51. The number of benzene rings is 1. The van der Waals surface area contributed by atoms with Gasteiger partial charge in [-0.3, -0.25) is 4.79 Å². The molecule has 0 N–H and O–H groups in total. The van der Waals surface area contributed by atoms with Gasteiger partial charge in [-0.15, -0.1) is 0 Å². The Labute approximate surface area is 89.0 Å². The molecule has 0 saturated carbocycles. The molecular weight excluding hydrogens is 258 g/mol. The highest BCUT2D eigenvalue weighted by Crippen LogP contribution is 2.20. The van der Waals surface area contributed by atoms with Crippen LogP contribution in [-0.2, 0) is 0 Å². The molecule has 0 aliphatic rings. The standard InChI is InChI=1S/C9H7BrClFO/c1-5(10)9(13)7-4-6(12)2-3-8(7)11/h2-5H,1H3. The molecule has 0 saturated heterocycles. The van der Waals surface area contributed by atoms with E-state index >= 15 is 0 Å². The number of hydrogen-bond donors (Lipinski definition) is 0. The quantitative estimate of drug-likeness (QED) is 0.591. The molecule has 0 aliphatic heterocycles. The van der Waals surface area contributed by atoms with Crippen molar-refractivity contribution in [3.05, 3.63) is 34.6 Å². The van der Waals surface area contributed by atoms with Crippen LogP contribution < -0.4 is 0 Å². The number of Topliss-reactive ketones (excluding diaryl/α,β-unsaturated/α-hetero) is 1. The fourth-order valence-electron chi connectivity index (χ4n) is 0.901. The fourth-order valence-corrected chi connectivity index (χ4v) is 1.36. The molecule has 13 heavy (non-hydrogen) atoms. The summed E-state index contributed by atoms with van der Waals surface area (Å²) in [6, 6.07) is 3.74. The van der Waals surface area contributed by atoms with Crippen LogP contribution in [0.15, 0.2) is 18.2 Å². The maximum absolute atomic E-state index is 12.7. The van der Waals surface area contributed by atoms with Gasteiger partial charge in [-0.05, 0) is 25.1 Å². The van der Waals surface area contributed by atoms with Crippen LogP contribution in [0.1, 0.15) is 17.3 Å². The first-order valence-corrected chi connectivity index (χ1v) is 4.95. The van der Waals surface area contributed by atoms with Crippen molar-refractivity contribution in [2.45, 2.75) is 11.8 Å². The van der Waals surface area contributed by atoms with Crippen molar-refractivity contribution in [3.63, 3.8) is 0 Å². The molecule has 1 unspecified atom stereocenters. The van der Waals surface area contributed by atoms with Gasteiger partial charge in [-0.2, -0.15) is 0 Å². The number of alkyl halides is 1. The molecule has 1 aromatic rings. The lowest BCUT2D eigenvalue weighted by atomic mass is 10.1. The lowest BCUT2D eigenvalue weighted by molar-refractivity contribution is 0.0995. The Morgan fingerprint density at radius 1 is 1.62 bits per heavy atom. The molecule has 70 valence electrons. The Morgan fingerprint density at radius 3 is 2.77 bits per heavy atom. The highest BCUT2D eigenvalue weighted by atomic mass is 79.9. The topological polar surface area (TPSA) is 17.1 Å². The molecule has 0 bridgehead atoms. The van der Waals surface area contributed by atoms with Crippen molar-refractivity contribution in [1.29, 1.82) is 0 Å². The zero-order valence-corrected chi connectivity index (χ0v) is 9.19. The largest absolute Gasteiger partial charge is 0.293 e. The molecule has 1 aromatic carbocycles. The highest BCUT2D eigenvalue weighted by molar-refractivity contribution is 9.10. The lowest BCUT2D eigenvalue weighted by Crippen LogP contribution is -2.10. The molecule has 1 rings (SSSR count). The third-order valence-corrected chi connectivity index (χ3v) is 2.30. The first-order chi connectivity index (χ1) is 6.02. The van der Waals surface area contributed by atoms with Crippen molar-refractivity contribution in [3.8, 4) is 0 Å². The lowest BCUT2D eigenvalue weighted by Gasteiger charge is -2.04. The second-order valence-corrected chi connectivity index (χ2v) is 4.39. The van der Waals surface area contributed by atoms with Crippen LogP contribution in [0.3, 0.4) is 0 Å². The van der Waals surface area contributed by atoms with E-state index in [-0.39, 0.29) is 21.2 Å². The minimum Gasteiger partial charge on any atom is -0.293 e. The first kappa shape index (κ1) is 10.7. The summed E-state index contributed by atoms with van der Waals surface area (Å²) >= 11 is 8.83. The van der Waals surface area contributed by atoms with Crippen LogP contribution in [0, 0.1) is 5.82 Å². The molecule has 0 aromatic heterocycles. The number of halogens is 3. The van der Waals surface area contributed by atoms with Crippen LogP contribution in [-0.4, -0.2) is 10.6 Å². The van der Waals surface area contributed by atoms with Crippen LogP contribution in [0.5, 0.6) is 0 Å². The molecule has 0 amide bonds. The maximum atomic E-state index is 12.7. The molecule has 4 heteroatoms. The van der Waals surface area contributed by atoms with E-state index in [4.69, 9.17) is 11.6 Å².